The lowest BCUT2D eigenvalue weighted by atomic mass is 9.99. The van der Waals surface area contributed by atoms with E-state index < -0.39 is 0 Å². The van der Waals surface area contributed by atoms with Crippen LogP contribution in [-0.2, 0) is 19.4 Å². The molecule has 0 radical (unpaired) electrons. The minimum Gasteiger partial charge on any atom is -0.364 e. The van der Waals surface area contributed by atoms with E-state index >= 15 is 0 Å². The van der Waals surface area contributed by atoms with Gasteiger partial charge < -0.3 is 10.6 Å². The van der Waals surface area contributed by atoms with Gasteiger partial charge in [-0.05, 0) is 48.6 Å². The molecule has 1 heterocycles. The third-order valence-electron chi connectivity index (χ3n) is 4.04. The molecule has 0 aliphatic carbocycles. The van der Waals surface area contributed by atoms with Crippen LogP contribution in [0.1, 0.15) is 23.6 Å². The first-order valence-corrected chi connectivity index (χ1v) is 7.49. The van der Waals surface area contributed by atoms with Gasteiger partial charge in [-0.25, -0.2) is 4.39 Å². The zero-order valence-electron chi connectivity index (χ0n) is 12.3. The van der Waals surface area contributed by atoms with Crippen LogP contribution in [0.3, 0.4) is 0 Å². The number of nitrogens with two attached hydrogens (primary N) is 1. The van der Waals surface area contributed by atoms with Crippen LogP contribution in [0, 0.1) is 5.82 Å². The molecule has 2 N–H and O–H groups in total. The Hall–Kier alpha value is -1.87. The van der Waals surface area contributed by atoms with Crippen LogP contribution in [0.5, 0.6) is 0 Å². The van der Waals surface area contributed by atoms with Gasteiger partial charge in [0.05, 0.1) is 5.69 Å². The van der Waals surface area contributed by atoms with Crippen LogP contribution >= 0.6 is 0 Å². The summed E-state index contributed by atoms with van der Waals surface area (Å²) in [7, 11) is 0. The van der Waals surface area contributed by atoms with Gasteiger partial charge in [-0.15, -0.1) is 0 Å². The summed E-state index contributed by atoms with van der Waals surface area (Å²) in [6.45, 7) is 3.58. The third kappa shape index (κ3) is 3.08. The van der Waals surface area contributed by atoms with Crippen molar-refractivity contribution in [2.45, 2.75) is 32.4 Å². The lowest BCUT2D eigenvalue weighted by Crippen LogP contribution is -2.31. The number of hydrogen-bond acceptors (Lipinski definition) is 2. The third-order valence-corrected chi connectivity index (χ3v) is 4.04. The van der Waals surface area contributed by atoms with E-state index in [0.29, 0.717) is 12.1 Å². The summed E-state index contributed by atoms with van der Waals surface area (Å²) in [5.41, 5.74) is 10.1. The average molecular weight is 284 g/mol. The van der Waals surface area contributed by atoms with Crippen LogP contribution in [0.15, 0.2) is 42.5 Å². The van der Waals surface area contributed by atoms with E-state index in [2.05, 4.69) is 23.1 Å². The molecule has 2 aromatic carbocycles. The van der Waals surface area contributed by atoms with E-state index in [1.54, 1.807) is 6.07 Å². The van der Waals surface area contributed by atoms with Crippen LogP contribution in [0.2, 0.25) is 0 Å². The topological polar surface area (TPSA) is 29.3 Å². The lowest BCUT2D eigenvalue weighted by Gasteiger charge is -2.31. The highest BCUT2D eigenvalue weighted by Gasteiger charge is 2.18. The summed E-state index contributed by atoms with van der Waals surface area (Å²) >= 11 is 0. The summed E-state index contributed by atoms with van der Waals surface area (Å²) in [6.07, 6.45) is 1.68. The Morgan fingerprint density at radius 3 is 2.67 bits per heavy atom. The van der Waals surface area contributed by atoms with Gasteiger partial charge >= 0.3 is 0 Å². The first-order chi connectivity index (χ1) is 10.1. The highest BCUT2D eigenvalue weighted by Crippen LogP contribution is 2.27. The molecule has 21 heavy (non-hydrogen) atoms. The van der Waals surface area contributed by atoms with Gasteiger partial charge in [0.25, 0.3) is 0 Å². The number of fused-ring (bicyclic) bond motifs is 1. The Morgan fingerprint density at radius 2 is 1.95 bits per heavy atom. The van der Waals surface area contributed by atoms with Gasteiger partial charge in [0.1, 0.15) is 5.82 Å². The molecule has 0 amide bonds. The first-order valence-electron chi connectivity index (χ1n) is 7.49. The second-order valence-electron chi connectivity index (χ2n) is 5.91. The molecule has 1 aliphatic rings. The molecule has 1 atom stereocenters. The molecule has 0 bridgehead atoms. The van der Waals surface area contributed by atoms with Crippen molar-refractivity contribution in [2.75, 3.05) is 11.4 Å². The van der Waals surface area contributed by atoms with E-state index in [9.17, 15) is 4.39 Å². The van der Waals surface area contributed by atoms with Gasteiger partial charge in [0.15, 0.2) is 0 Å². The first kappa shape index (κ1) is 14.1. The zero-order valence-corrected chi connectivity index (χ0v) is 12.3. The molecule has 0 saturated carbocycles. The summed E-state index contributed by atoms with van der Waals surface area (Å²) < 4.78 is 14.4. The SMILES string of the molecule is CC(N)Cc1ccc(N2CCc3ccccc3C2)c(F)c1. The minimum atomic E-state index is -0.146. The molecule has 0 fully saturated rings. The van der Waals surface area contributed by atoms with Crippen molar-refractivity contribution < 1.29 is 4.39 Å². The Morgan fingerprint density at radius 1 is 1.19 bits per heavy atom. The predicted octanol–water partition coefficient (Wildman–Crippen LogP) is 3.28. The second-order valence-corrected chi connectivity index (χ2v) is 5.91. The summed E-state index contributed by atoms with van der Waals surface area (Å²) in [6, 6.07) is 14.0. The van der Waals surface area contributed by atoms with Gasteiger partial charge in [-0.2, -0.15) is 0 Å². The van der Waals surface area contributed by atoms with E-state index in [0.717, 1.165) is 25.1 Å². The molecular weight excluding hydrogens is 263 g/mol. The molecule has 1 aliphatic heterocycles. The Balaban J connectivity index is 1.82. The molecule has 0 spiro atoms. The quantitative estimate of drug-likeness (QED) is 0.937. The average Bonchev–Trinajstić information content (AvgIpc) is 2.46. The molecule has 2 nitrogen and oxygen atoms in total. The normalized spacial score (nSPS) is 15.7. The zero-order chi connectivity index (χ0) is 14.8. The van der Waals surface area contributed by atoms with Crippen molar-refractivity contribution in [3.8, 4) is 0 Å². The largest absolute Gasteiger partial charge is 0.364 e. The number of hydrogen-bond donors (Lipinski definition) is 1. The molecule has 0 saturated heterocycles. The van der Waals surface area contributed by atoms with Crippen LogP contribution in [0.4, 0.5) is 10.1 Å². The van der Waals surface area contributed by atoms with Gasteiger partial charge in [-0.1, -0.05) is 30.3 Å². The van der Waals surface area contributed by atoms with Gasteiger partial charge in [-0.3, -0.25) is 0 Å². The standard InChI is InChI=1S/C18H21FN2/c1-13(20)10-14-6-7-18(17(19)11-14)21-9-8-15-4-2-3-5-16(15)12-21/h2-7,11,13H,8-10,12,20H2,1H3. The van der Waals surface area contributed by atoms with Crippen LogP contribution in [0.25, 0.3) is 0 Å². The second kappa shape index (κ2) is 5.86. The fraction of sp³-hybridized carbons (Fsp3) is 0.333. The molecule has 3 rings (SSSR count). The van der Waals surface area contributed by atoms with Gasteiger partial charge in [0, 0.05) is 19.1 Å². The Labute approximate surface area is 125 Å². The molecule has 1 unspecified atom stereocenters. The highest BCUT2D eigenvalue weighted by atomic mass is 19.1. The molecule has 110 valence electrons. The minimum absolute atomic E-state index is 0.0529. The van der Waals surface area contributed by atoms with Crippen molar-refractivity contribution in [3.05, 3.63) is 65.0 Å². The number of rotatable bonds is 3. The predicted molar refractivity (Wildman–Crippen MR) is 84.9 cm³/mol. The summed E-state index contributed by atoms with van der Waals surface area (Å²) in [4.78, 5) is 2.12. The fourth-order valence-corrected chi connectivity index (χ4v) is 3.01. The smallest absolute Gasteiger partial charge is 0.146 e. The van der Waals surface area contributed by atoms with E-state index in [1.165, 1.54) is 11.1 Å². The fourth-order valence-electron chi connectivity index (χ4n) is 3.01. The molecule has 0 aromatic heterocycles. The van der Waals surface area contributed by atoms with E-state index in [1.807, 2.05) is 25.1 Å². The molecule has 3 heteroatoms. The van der Waals surface area contributed by atoms with Crippen molar-refractivity contribution >= 4 is 5.69 Å². The van der Waals surface area contributed by atoms with Crippen molar-refractivity contribution in [3.63, 3.8) is 0 Å². The van der Waals surface area contributed by atoms with Crippen LogP contribution in [-0.4, -0.2) is 12.6 Å². The lowest BCUT2D eigenvalue weighted by molar-refractivity contribution is 0.606. The maximum atomic E-state index is 14.4. The Bertz CT molecular complexity index is 637. The maximum Gasteiger partial charge on any atom is 0.146 e. The van der Waals surface area contributed by atoms with Crippen LogP contribution < -0.4 is 10.6 Å². The summed E-state index contributed by atoms with van der Waals surface area (Å²) in [5, 5.41) is 0. The highest BCUT2D eigenvalue weighted by molar-refractivity contribution is 5.52. The Kier molecular flexibility index (Phi) is 3.93. The van der Waals surface area contributed by atoms with E-state index in [4.69, 9.17) is 5.73 Å². The molecular formula is C18H21FN2. The monoisotopic (exact) mass is 284 g/mol. The number of halogens is 1. The van der Waals surface area contributed by atoms with Crippen molar-refractivity contribution in [1.29, 1.82) is 0 Å². The molecule has 2 aromatic rings. The van der Waals surface area contributed by atoms with Crippen molar-refractivity contribution in [1.82, 2.24) is 0 Å². The number of benzene rings is 2. The number of anilines is 1. The van der Waals surface area contributed by atoms with E-state index in [-0.39, 0.29) is 11.9 Å². The number of nitrogens with zero attached hydrogens (tertiary/aromatic N) is 1. The maximum absolute atomic E-state index is 14.4. The summed E-state index contributed by atoms with van der Waals surface area (Å²) in [5.74, 6) is -0.146. The van der Waals surface area contributed by atoms with Crippen molar-refractivity contribution in [2.24, 2.45) is 5.73 Å². The van der Waals surface area contributed by atoms with Gasteiger partial charge in [0.2, 0.25) is 0 Å².